The molecule has 0 radical (unpaired) electrons. The Bertz CT molecular complexity index is 487. The highest BCUT2D eigenvalue weighted by Gasteiger charge is 2.27. The maximum absolute atomic E-state index is 12.3. The van der Waals surface area contributed by atoms with Gasteiger partial charge in [0.15, 0.2) is 0 Å². The van der Waals surface area contributed by atoms with Crippen LogP contribution in [0.5, 0.6) is 0 Å². The third kappa shape index (κ3) is 3.24. The molecule has 0 spiro atoms. The number of likely N-dealkylation sites (tertiary alicyclic amines) is 1. The van der Waals surface area contributed by atoms with Crippen molar-refractivity contribution in [2.24, 2.45) is 5.92 Å². The summed E-state index contributed by atoms with van der Waals surface area (Å²) in [6.45, 7) is 1.30. The number of amides is 1. The first-order valence-electron chi connectivity index (χ1n) is 6.43. The van der Waals surface area contributed by atoms with Gasteiger partial charge in [0.1, 0.15) is 0 Å². The Morgan fingerprint density at radius 3 is 2.79 bits per heavy atom. The molecule has 19 heavy (non-hydrogen) atoms. The molecule has 0 saturated carbocycles. The minimum Gasteiger partial charge on any atom is -0.481 e. The highest BCUT2D eigenvalue weighted by Crippen LogP contribution is 2.24. The van der Waals surface area contributed by atoms with Gasteiger partial charge in [0.25, 0.3) is 5.91 Å². The second-order valence-corrected chi connectivity index (χ2v) is 4.93. The molecule has 0 aliphatic carbocycles. The lowest BCUT2D eigenvalue weighted by atomic mass is 10.0. The Hall–Kier alpha value is -2.04. The Morgan fingerprint density at radius 1 is 1.37 bits per heavy atom. The molecule has 1 amide bonds. The number of carbonyl (C=O) groups excluding carboxylic acids is 1. The first-order chi connectivity index (χ1) is 9.08. The third-order valence-corrected chi connectivity index (χ3v) is 3.53. The van der Waals surface area contributed by atoms with Crippen molar-refractivity contribution in [3.63, 3.8) is 0 Å². The molecule has 1 atom stereocenters. The molecule has 1 aromatic carbocycles. The van der Waals surface area contributed by atoms with E-state index in [0.29, 0.717) is 30.8 Å². The molecule has 2 rings (SSSR count). The van der Waals surface area contributed by atoms with Gasteiger partial charge in [-0.3, -0.25) is 9.59 Å². The molecule has 1 aliphatic rings. The van der Waals surface area contributed by atoms with Gasteiger partial charge in [-0.25, -0.2) is 0 Å². The summed E-state index contributed by atoms with van der Waals surface area (Å²) in [5, 5.41) is 8.67. The highest BCUT2D eigenvalue weighted by molar-refractivity contribution is 5.99. The fourth-order valence-electron chi connectivity index (χ4n) is 2.44. The summed E-state index contributed by atoms with van der Waals surface area (Å²) in [7, 11) is 0. The van der Waals surface area contributed by atoms with Crippen LogP contribution >= 0.6 is 0 Å². The molecular weight excluding hydrogens is 244 g/mol. The van der Waals surface area contributed by atoms with Crippen LogP contribution in [0.2, 0.25) is 0 Å². The Labute approximate surface area is 112 Å². The summed E-state index contributed by atoms with van der Waals surface area (Å²) in [4.78, 5) is 24.6. The number of carboxylic acid groups (broad SMARTS) is 1. The SMILES string of the molecule is Nc1ccccc1C(=O)N1CCC(CCC(=O)O)C1. The van der Waals surface area contributed by atoms with Gasteiger partial charge in [0.05, 0.1) is 5.56 Å². The summed E-state index contributed by atoms with van der Waals surface area (Å²) in [5.41, 5.74) is 6.81. The second kappa shape index (κ2) is 5.73. The maximum Gasteiger partial charge on any atom is 0.303 e. The number of para-hydroxylation sites is 1. The monoisotopic (exact) mass is 262 g/mol. The fourth-order valence-corrected chi connectivity index (χ4v) is 2.44. The van der Waals surface area contributed by atoms with Crippen LogP contribution in [-0.2, 0) is 4.79 Å². The molecule has 3 N–H and O–H groups in total. The van der Waals surface area contributed by atoms with Gasteiger partial charge >= 0.3 is 5.97 Å². The van der Waals surface area contributed by atoms with E-state index in [1.165, 1.54) is 0 Å². The Balaban J connectivity index is 1.95. The van der Waals surface area contributed by atoms with Crippen LogP contribution in [0.1, 0.15) is 29.6 Å². The van der Waals surface area contributed by atoms with E-state index in [1.54, 1.807) is 29.2 Å². The third-order valence-electron chi connectivity index (χ3n) is 3.53. The van der Waals surface area contributed by atoms with Crippen molar-refractivity contribution in [3.8, 4) is 0 Å². The van der Waals surface area contributed by atoms with E-state index in [9.17, 15) is 9.59 Å². The second-order valence-electron chi connectivity index (χ2n) is 4.93. The van der Waals surface area contributed by atoms with Crippen molar-refractivity contribution >= 4 is 17.6 Å². The predicted octanol–water partition coefficient (Wildman–Crippen LogP) is 1.60. The fraction of sp³-hybridized carbons (Fsp3) is 0.429. The van der Waals surface area contributed by atoms with E-state index in [0.717, 1.165) is 6.42 Å². The standard InChI is InChI=1S/C14H18N2O3/c15-12-4-2-1-3-11(12)14(19)16-8-7-10(9-16)5-6-13(17)18/h1-4,10H,5-9,15H2,(H,17,18). The number of hydrogen-bond donors (Lipinski definition) is 2. The number of hydrogen-bond acceptors (Lipinski definition) is 3. The molecule has 1 heterocycles. The lowest BCUT2D eigenvalue weighted by Crippen LogP contribution is -2.29. The number of carbonyl (C=O) groups is 2. The summed E-state index contributed by atoms with van der Waals surface area (Å²) in [6, 6.07) is 7.03. The van der Waals surface area contributed by atoms with Crippen LogP contribution in [0.25, 0.3) is 0 Å². The zero-order valence-electron chi connectivity index (χ0n) is 10.7. The minimum absolute atomic E-state index is 0.0593. The first kappa shape index (κ1) is 13.4. The molecule has 5 heteroatoms. The highest BCUT2D eigenvalue weighted by atomic mass is 16.4. The van der Waals surface area contributed by atoms with Gasteiger partial charge in [-0.05, 0) is 30.9 Å². The smallest absolute Gasteiger partial charge is 0.303 e. The normalized spacial score (nSPS) is 18.5. The van der Waals surface area contributed by atoms with Gasteiger partial charge in [-0.1, -0.05) is 12.1 Å². The number of nitrogens with two attached hydrogens (primary N) is 1. The number of nitrogens with zero attached hydrogens (tertiary/aromatic N) is 1. The first-order valence-corrected chi connectivity index (χ1v) is 6.43. The lowest BCUT2D eigenvalue weighted by molar-refractivity contribution is -0.137. The van der Waals surface area contributed by atoms with Crippen molar-refractivity contribution in [2.45, 2.75) is 19.3 Å². The largest absolute Gasteiger partial charge is 0.481 e. The maximum atomic E-state index is 12.3. The zero-order valence-corrected chi connectivity index (χ0v) is 10.7. The van der Waals surface area contributed by atoms with Gasteiger partial charge in [0, 0.05) is 25.2 Å². The van der Waals surface area contributed by atoms with Gasteiger partial charge in [-0.15, -0.1) is 0 Å². The van der Waals surface area contributed by atoms with Crippen molar-refractivity contribution in [3.05, 3.63) is 29.8 Å². The minimum atomic E-state index is -0.780. The predicted molar refractivity (Wildman–Crippen MR) is 71.7 cm³/mol. The number of rotatable bonds is 4. The van der Waals surface area contributed by atoms with Crippen LogP contribution in [0.15, 0.2) is 24.3 Å². The van der Waals surface area contributed by atoms with Crippen molar-refractivity contribution < 1.29 is 14.7 Å². The van der Waals surface area contributed by atoms with Crippen molar-refractivity contribution in [2.75, 3.05) is 18.8 Å². The summed E-state index contributed by atoms with van der Waals surface area (Å²) in [5.74, 6) is -0.557. The zero-order chi connectivity index (χ0) is 13.8. The average Bonchev–Trinajstić information content (AvgIpc) is 2.85. The number of carboxylic acids is 1. The van der Waals surface area contributed by atoms with E-state index in [2.05, 4.69) is 0 Å². The van der Waals surface area contributed by atoms with E-state index in [-0.39, 0.29) is 18.2 Å². The number of nitrogen functional groups attached to an aromatic ring is 1. The Kier molecular flexibility index (Phi) is 4.04. The van der Waals surface area contributed by atoms with Crippen LogP contribution < -0.4 is 5.73 Å². The van der Waals surface area contributed by atoms with Crippen LogP contribution in [0, 0.1) is 5.92 Å². The molecule has 102 valence electrons. The number of anilines is 1. The topological polar surface area (TPSA) is 83.6 Å². The summed E-state index contributed by atoms with van der Waals surface area (Å²) >= 11 is 0. The molecule has 5 nitrogen and oxygen atoms in total. The van der Waals surface area contributed by atoms with Crippen molar-refractivity contribution in [1.29, 1.82) is 0 Å². The van der Waals surface area contributed by atoms with Gasteiger partial charge < -0.3 is 15.7 Å². The average molecular weight is 262 g/mol. The molecule has 0 aromatic heterocycles. The van der Waals surface area contributed by atoms with E-state index < -0.39 is 5.97 Å². The molecule has 1 saturated heterocycles. The molecule has 0 bridgehead atoms. The summed E-state index contributed by atoms with van der Waals surface area (Å²) < 4.78 is 0. The lowest BCUT2D eigenvalue weighted by Gasteiger charge is -2.17. The van der Waals surface area contributed by atoms with E-state index in [1.807, 2.05) is 0 Å². The van der Waals surface area contributed by atoms with Gasteiger partial charge in [0.2, 0.25) is 0 Å². The molecule has 1 aliphatic heterocycles. The Morgan fingerprint density at radius 2 is 2.11 bits per heavy atom. The number of aliphatic carboxylic acids is 1. The molecule has 1 fully saturated rings. The van der Waals surface area contributed by atoms with Crippen LogP contribution in [0.4, 0.5) is 5.69 Å². The van der Waals surface area contributed by atoms with E-state index >= 15 is 0 Å². The summed E-state index contributed by atoms with van der Waals surface area (Å²) in [6.07, 6.45) is 1.66. The van der Waals surface area contributed by atoms with Crippen molar-refractivity contribution in [1.82, 2.24) is 4.90 Å². The molecule has 1 aromatic rings. The molecule has 1 unspecified atom stereocenters. The quantitative estimate of drug-likeness (QED) is 0.807. The molecular formula is C14H18N2O3. The van der Waals surface area contributed by atoms with E-state index in [4.69, 9.17) is 10.8 Å². The number of benzene rings is 1. The van der Waals surface area contributed by atoms with Gasteiger partial charge in [-0.2, -0.15) is 0 Å². The van der Waals surface area contributed by atoms with Crippen LogP contribution in [0.3, 0.4) is 0 Å². The van der Waals surface area contributed by atoms with Crippen LogP contribution in [-0.4, -0.2) is 35.0 Å².